The topological polar surface area (TPSA) is 49.8 Å². The Balaban J connectivity index is 2.74. The zero-order valence-electron chi connectivity index (χ0n) is 11.7. The van der Waals surface area contributed by atoms with Gasteiger partial charge < -0.3 is 14.7 Å². The van der Waals surface area contributed by atoms with Crippen LogP contribution < -0.4 is 4.90 Å². The largest absolute Gasteiger partial charge is 0.481 e. The molecule has 1 N–H and O–H groups in total. The van der Waals surface area contributed by atoms with Crippen LogP contribution in [0.5, 0.6) is 0 Å². The summed E-state index contributed by atoms with van der Waals surface area (Å²) < 4.78 is 5.27. The third kappa shape index (κ3) is 5.30. The van der Waals surface area contributed by atoms with Crippen LogP contribution >= 0.6 is 0 Å². The number of carbonyl (C=O) groups is 1. The highest BCUT2D eigenvalue weighted by Gasteiger charge is 2.17. The fourth-order valence-corrected chi connectivity index (χ4v) is 2.16. The molecule has 0 saturated carbocycles. The molecule has 0 aliphatic carbocycles. The zero-order chi connectivity index (χ0) is 14.1. The molecule has 1 rings (SSSR count). The van der Waals surface area contributed by atoms with Crippen molar-refractivity contribution in [1.82, 2.24) is 0 Å². The number of carboxylic acid groups (broad SMARTS) is 1. The fraction of sp³-hybridized carbons (Fsp3) is 0.533. The average molecular weight is 265 g/mol. The molecule has 0 aliphatic rings. The second-order valence-electron chi connectivity index (χ2n) is 4.54. The summed E-state index contributed by atoms with van der Waals surface area (Å²) in [5.41, 5.74) is 1.12. The molecule has 0 aromatic heterocycles. The van der Waals surface area contributed by atoms with Gasteiger partial charge >= 0.3 is 5.97 Å². The van der Waals surface area contributed by atoms with Crippen LogP contribution in [0.2, 0.25) is 0 Å². The van der Waals surface area contributed by atoms with Gasteiger partial charge in [-0.25, -0.2) is 0 Å². The average Bonchev–Trinajstić information content (AvgIpc) is 2.42. The van der Waals surface area contributed by atoms with E-state index in [2.05, 4.69) is 24.0 Å². The highest BCUT2D eigenvalue weighted by molar-refractivity contribution is 5.66. The number of carboxylic acids is 1. The van der Waals surface area contributed by atoms with Crippen LogP contribution in [0, 0.1) is 0 Å². The maximum Gasteiger partial charge on any atom is 0.303 e. The van der Waals surface area contributed by atoms with Gasteiger partial charge in [-0.15, -0.1) is 0 Å². The van der Waals surface area contributed by atoms with Crippen molar-refractivity contribution < 1.29 is 14.6 Å². The maximum absolute atomic E-state index is 10.6. The number of para-hydroxylation sites is 1. The van der Waals surface area contributed by atoms with Crippen LogP contribution in [0.1, 0.15) is 26.2 Å². The van der Waals surface area contributed by atoms with Crippen molar-refractivity contribution in [3.05, 3.63) is 30.3 Å². The number of benzene rings is 1. The van der Waals surface area contributed by atoms with E-state index in [9.17, 15) is 4.79 Å². The summed E-state index contributed by atoms with van der Waals surface area (Å²) in [7, 11) is 1.70. The summed E-state index contributed by atoms with van der Waals surface area (Å²) in [4.78, 5) is 12.9. The number of ether oxygens (including phenoxy) is 1. The first-order chi connectivity index (χ1) is 9.19. The Kier molecular flexibility index (Phi) is 6.97. The molecule has 4 nitrogen and oxygen atoms in total. The lowest BCUT2D eigenvalue weighted by atomic mass is 10.1. The third-order valence-electron chi connectivity index (χ3n) is 3.15. The van der Waals surface area contributed by atoms with Crippen LogP contribution in [-0.2, 0) is 9.53 Å². The molecule has 0 aliphatic heterocycles. The molecule has 1 aromatic rings. The van der Waals surface area contributed by atoms with Crippen molar-refractivity contribution in [2.24, 2.45) is 0 Å². The van der Waals surface area contributed by atoms with Crippen LogP contribution in [-0.4, -0.2) is 37.4 Å². The van der Waals surface area contributed by atoms with Gasteiger partial charge in [0.25, 0.3) is 0 Å². The monoisotopic (exact) mass is 265 g/mol. The summed E-state index contributed by atoms with van der Waals surface area (Å²) in [6.45, 7) is 3.51. The quantitative estimate of drug-likeness (QED) is 0.746. The first kappa shape index (κ1) is 15.5. The Morgan fingerprint density at radius 3 is 2.58 bits per heavy atom. The number of methoxy groups -OCH3 is 1. The molecule has 106 valence electrons. The molecule has 0 amide bonds. The first-order valence-corrected chi connectivity index (χ1v) is 6.71. The second kappa shape index (κ2) is 8.53. The van der Waals surface area contributed by atoms with Crippen molar-refractivity contribution >= 4 is 11.7 Å². The van der Waals surface area contributed by atoms with Crippen molar-refractivity contribution in [2.75, 3.05) is 25.2 Å². The molecule has 19 heavy (non-hydrogen) atoms. The lowest BCUT2D eigenvalue weighted by molar-refractivity contribution is -0.137. The molecule has 4 heteroatoms. The minimum absolute atomic E-state index is 0.201. The van der Waals surface area contributed by atoms with Gasteiger partial charge in [-0.2, -0.15) is 0 Å². The van der Waals surface area contributed by atoms with Crippen LogP contribution in [0.25, 0.3) is 0 Å². The molecule has 0 saturated heterocycles. The molecule has 0 radical (unpaired) electrons. The third-order valence-corrected chi connectivity index (χ3v) is 3.15. The van der Waals surface area contributed by atoms with Gasteiger partial charge in [0, 0.05) is 25.8 Å². The minimum atomic E-state index is -0.743. The standard InChI is InChI=1S/C15H23NO3/c1-3-13(12-19-2)16(11-7-10-15(17)18)14-8-5-4-6-9-14/h4-6,8-9,13H,3,7,10-12H2,1-2H3,(H,17,18). The Labute approximate surface area is 115 Å². The van der Waals surface area contributed by atoms with Gasteiger partial charge in [-0.1, -0.05) is 25.1 Å². The molecule has 1 unspecified atom stereocenters. The fourth-order valence-electron chi connectivity index (χ4n) is 2.16. The number of hydrogen-bond donors (Lipinski definition) is 1. The number of anilines is 1. The molecular formula is C15H23NO3. The van der Waals surface area contributed by atoms with Gasteiger partial charge in [0.15, 0.2) is 0 Å². The SMILES string of the molecule is CCC(COC)N(CCCC(=O)O)c1ccccc1. The van der Waals surface area contributed by atoms with Gasteiger partial charge in [-0.3, -0.25) is 4.79 Å². The van der Waals surface area contributed by atoms with Crippen molar-refractivity contribution in [3.63, 3.8) is 0 Å². The predicted octanol–water partition coefficient (Wildman–Crippen LogP) is 2.78. The molecule has 1 atom stereocenters. The van der Waals surface area contributed by atoms with Crippen molar-refractivity contribution in [3.8, 4) is 0 Å². The van der Waals surface area contributed by atoms with Gasteiger partial charge in [0.05, 0.1) is 12.6 Å². The molecule has 1 aromatic carbocycles. The van der Waals surface area contributed by atoms with E-state index < -0.39 is 5.97 Å². The smallest absolute Gasteiger partial charge is 0.303 e. The van der Waals surface area contributed by atoms with E-state index >= 15 is 0 Å². The first-order valence-electron chi connectivity index (χ1n) is 6.71. The molecule has 0 heterocycles. The van der Waals surface area contributed by atoms with Crippen molar-refractivity contribution in [1.29, 1.82) is 0 Å². The second-order valence-corrected chi connectivity index (χ2v) is 4.54. The Morgan fingerprint density at radius 1 is 1.37 bits per heavy atom. The number of aliphatic carboxylic acids is 1. The van der Waals surface area contributed by atoms with Gasteiger partial charge in [0.2, 0.25) is 0 Å². The van der Waals surface area contributed by atoms with E-state index in [1.807, 2.05) is 18.2 Å². The summed E-state index contributed by atoms with van der Waals surface area (Å²) in [6.07, 6.45) is 1.81. The Bertz CT molecular complexity index is 367. The van der Waals surface area contributed by atoms with Crippen LogP contribution in [0.4, 0.5) is 5.69 Å². The molecule has 0 spiro atoms. The van der Waals surface area contributed by atoms with E-state index in [4.69, 9.17) is 9.84 Å². The van der Waals surface area contributed by atoms with E-state index in [0.29, 0.717) is 13.0 Å². The molecule has 0 fully saturated rings. The molecule has 0 bridgehead atoms. The highest BCUT2D eigenvalue weighted by atomic mass is 16.5. The van der Waals surface area contributed by atoms with E-state index in [-0.39, 0.29) is 12.5 Å². The van der Waals surface area contributed by atoms with Crippen LogP contribution in [0.3, 0.4) is 0 Å². The van der Waals surface area contributed by atoms with Gasteiger partial charge in [0.1, 0.15) is 0 Å². The predicted molar refractivity (Wildman–Crippen MR) is 76.6 cm³/mol. The normalized spacial score (nSPS) is 12.1. The van der Waals surface area contributed by atoms with Crippen molar-refractivity contribution in [2.45, 2.75) is 32.2 Å². The molecular weight excluding hydrogens is 242 g/mol. The van der Waals surface area contributed by atoms with Crippen LogP contribution in [0.15, 0.2) is 30.3 Å². The van der Waals surface area contributed by atoms with E-state index in [1.54, 1.807) is 7.11 Å². The zero-order valence-corrected chi connectivity index (χ0v) is 11.7. The lowest BCUT2D eigenvalue weighted by Gasteiger charge is -2.32. The lowest BCUT2D eigenvalue weighted by Crippen LogP contribution is -2.39. The number of hydrogen-bond acceptors (Lipinski definition) is 3. The van der Waals surface area contributed by atoms with E-state index in [0.717, 1.165) is 18.7 Å². The number of rotatable bonds is 9. The maximum atomic E-state index is 10.6. The summed E-state index contributed by atoms with van der Waals surface area (Å²) >= 11 is 0. The summed E-state index contributed by atoms with van der Waals surface area (Å²) in [5, 5.41) is 8.75. The minimum Gasteiger partial charge on any atom is -0.481 e. The summed E-state index contributed by atoms with van der Waals surface area (Å²) in [6, 6.07) is 10.4. The Hall–Kier alpha value is -1.55. The van der Waals surface area contributed by atoms with Gasteiger partial charge in [-0.05, 0) is 25.0 Å². The highest BCUT2D eigenvalue weighted by Crippen LogP contribution is 2.19. The number of nitrogens with zero attached hydrogens (tertiary/aromatic N) is 1. The van der Waals surface area contributed by atoms with E-state index in [1.165, 1.54) is 0 Å². The summed E-state index contributed by atoms with van der Waals surface area (Å²) in [5.74, 6) is -0.743. The Morgan fingerprint density at radius 2 is 2.05 bits per heavy atom.